The molecule has 1 aliphatic rings. The number of aliphatic imine (C=N–C) groups is 1. The molecule has 0 saturated heterocycles. The molecule has 0 fully saturated rings. The minimum absolute atomic E-state index is 0. The van der Waals surface area contributed by atoms with Crippen molar-refractivity contribution < 1.29 is 29.6 Å². The molecule has 0 bridgehead atoms. The summed E-state index contributed by atoms with van der Waals surface area (Å²) >= 11 is 0. The Kier molecular flexibility index (Phi) is 4.28. The molecule has 0 radical (unpaired) electrons. The van der Waals surface area contributed by atoms with Crippen LogP contribution in [0.1, 0.15) is 12.8 Å². The van der Waals surface area contributed by atoms with Gasteiger partial charge < -0.3 is 11.2 Å². The largest absolute Gasteiger partial charge is 1.00 e. The molecule has 1 rings (SSSR count). The molecule has 6 heavy (non-hydrogen) atoms. The van der Waals surface area contributed by atoms with Gasteiger partial charge >= 0.3 is 29.6 Å². The number of nitrogens with zero attached hydrogens (tertiary/aromatic N) is 1. The summed E-state index contributed by atoms with van der Waals surface area (Å²) in [6, 6.07) is 0. The summed E-state index contributed by atoms with van der Waals surface area (Å²) in [5.41, 5.74) is 0. The van der Waals surface area contributed by atoms with Gasteiger partial charge in [-0.15, -0.1) is 0 Å². The van der Waals surface area contributed by atoms with Crippen LogP contribution in [-0.4, -0.2) is 12.8 Å². The first kappa shape index (κ1) is 6.67. The maximum Gasteiger partial charge on any atom is 1.00 e. The fourth-order valence-corrected chi connectivity index (χ4v) is 0.395. The summed E-state index contributed by atoms with van der Waals surface area (Å²) in [6.45, 7) is 1.01. The van der Waals surface area contributed by atoms with E-state index in [0.29, 0.717) is 0 Å². The van der Waals surface area contributed by atoms with E-state index in [9.17, 15) is 0 Å². The van der Waals surface area contributed by atoms with Crippen LogP contribution < -0.4 is 29.6 Å². The van der Waals surface area contributed by atoms with Gasteiger partial charge in [0.25, 0.3) is 0 Å². The van der Waals surface area contributed by atoms with Crippen molar-refractivity contribution in [3.63, 3.8) is 0 Å². The molecule has 1 nitrogen and oxygen atoms in total. The molecule has 28 valence electrons. The van der Waals surface area contributed by atoms with Crippen molar-refractivity contribution >= 4 is 6.21 Å². The molecule has 0 N–H and O–H groups in total. The van der Waals surface area contributed by atoms with Crippen molar-refractivity contribution in [1.29, 1.82) is 0 Å². The normalized spacial score (nSPS) is 17.3. The predicted molar refractivity (Wildman–Crippen MR) is 21.5 cm³/mol. The Labute approximate surface area is 60.1 Å². The molecule has 0 amide bonds. The average Bonchev–Trinajstić information content (AvgIpc) is 1.76. The maximum atomic E-state index is 3.83. The van der Waals surface area contributed by atoms with Crippen LogP contribution in [0, 0.1) is 0 Å². The fraction of sp³-hybridized carbons (Fsp3) is 0.750. The Morgan fingerprint density at radius 3 is 2.50 bits per heavy atom. The molecular weight excluding hydrogens is 85.0 g/mol. The van der Waals surface area contributed by atoms with Crippen molar-refractivity contribution in [2.45, 2.75) is 12.8 Å². The van der Waals surface area contributed by atoms with Gasteiger partial charge in [0.15, 0.2) is 0 Å². The third-order valence-electron chi connectivity index (χ3n) is 0.670. The summed E-state index contributed by atoms with van der Waals surface area (Å²) in [5, 5.41) is 0. The van der Waals surface area contributed by atoms with Crippen LogP contribution in [0.25, 0.3) is 0 Å². The summed E-state index contributed by atoms with van der Waals surface area (Å²) in [6.07, 6.45) is 5.15. The number of hydrogen-bond donors (Lipinski definition) is 0. The van der Waals surface area contributed by atoms with E-state index in [2.05, 4.69) is 11.2 Å². The second-order valence-corrected chi connectivity index (χ2v) is 1.14. The van der Waals surface area contributed by atoms with Gasteiger partial charge in [-0.1, -0.05) is 6.42 Å². The Bertz CT molecular complexity index is 45.5. The van der Waals surface area contributed by atoms with E-state index in [1.165, 1.54) is 6.42 Å². The SMILES string of the molecule is [C-]1=NCCC1.[Na+]. The van der Waals surface area contributed by atoms with Crippen LogP contribution in [0.2, 0.25) is 0 Å². The van der Waals surface area contributed by atoms with E-state index < -0.39 is 0 Å². The van der Waals surface area contributed by atoms with Crippen LogP contribution in [0.5, 0.6) is 0 Å². The van der Waals surface area contributed by atoms with Crippen LogP contribution in [0.3, 0.4) is 0 Å². The standard InChI is InChI=1S/C4H6N.Na/c1-2-4-5-3-1;/h1-3H2;/q-1;+1. The van der Waals surface area contributed by atoms with Gasteiger partial charge in [-0.05, 0) is 6.54 Å². The first-order valence-corrected chi connectivity index (χ1v) is 1.89. The van der Waals surface area contributed by atoms with Gasteiger partial charge in [-0.25, -0.2) is 0 Å². The molecule has 0 aliphatic carbocycles. The monoisotopic (exact) mass is 91.0 g/mol. The molecule has 2 heteroatoms. The Morgan fingerprint density at radius 1 is 1.50 bits per heavy atom. The Balaban J connectivity index is 0.000000250. The molecule has 0 aromatic heterocycles. The van der Waals surface area contributed by atoms with Gasteiger partial charge in [-0.3, -0.25) is 0 Å². The second kappa shape index (κ2) is 3.85. The predicted octanol–water partition coefficient (Wildman–Crippen LogP) is -2.27. The molecule has 0 aromatic carbocycles. The van der Waals surface area contributed by atoms with E-state index in [1.54, 1.807) is 0 Å². The maximum absolute atomic E-state index is 3.83. The smallest absolute Gasteiger partial charge is 0.503 e. The summed E-state index contributed by atoms with van der Waals surface area (Å²) in [5.74, 6) is 0. The van der Waals surface area contributed by atoms with Crippen LogP contribution in [-0.2, 0) is 0 Å². The molecular formula is C4H6NNa. The second-order valence-electron chi connectivity index (χ2n) is 1.14. The molecule has 0 saturated carbocycles. The molecule has 0 spiro atoms. The van der Waals surface area contributed by atoms with Gasteiger partial charge in [0.1, 0.15) is 0 Å². The van der Waals surface area contributed by atoms with Gasteiger partial charge in [0, 0.05) is 0 Å². The molecule has 0 atom stereocenters. The number of hydrogen-bond acceptors (Lipinski definition) is 1. The topological polar surface area (TPSA) is 12.4 Å². The minimum Gasteiger partial charge on any atom is -0.503 e. The third kappa shape index (κ3) is 1.96. The first-order valence-electron chi connectivity index (χ1n) is 1.89. The quantitative estimate of drug-likeness (QED) is 0.235. The van der Waals surface area contributed by atoms with Crippen molar-refractivity contribution in [3.05, 3.63) is 0 Å². The zero-order chi connectivity index (χ0) is 3.54. The Hall–Kier alpha value is 0.670. The van der Waals surface area contributed by atoms with E-state index in [4.69, 9.17) is 0 Å². The van der Waals surface area contributed by atoms with Crippen molar-refractivity contribution in [2.24, 2.45) is 4.99 Å². The minimum atomic E-state index is 0. The first-order chi connectivity index (χ1) is 2.50. The zero-order valence-electron chi connectivity index (χ0n) is 4.07. The van der Waals surface area contributed by atoms with E-state index in [1.807, 2.05) is 0 Å². The van der Waals surface area contributed by atoms with Crippen molar-refractivity contribution in [2.75, 3.05) is 6.54 Å². The molecule has 0 aromatic rings. The zero-order valence-corrected chi connectivity index (χ0v) is 6.07. The van der Waals surface area contributed by atoms with Crippen LogP contribution >= 0.6 is 0 Å². The molecule has 1 heterocycles. The fourth-order valence-electron chi connectivity index (χ4n) is 0.395. The molecule has 1 aliphatic heterocycles. The average molecular weight is 91.1 g/mol. The van der Waals surface area contributed by atoms with E-state index in [0.717, 1.165) is 13.0 Å². The number of rotatable bonds is 0. The van der Waals surface area contributed by atoms with Crippen molar-refractivity contribution in [1.82, 2.24) is 0 Å². The Morgan fingerprint density at radius 2 is 2.33 bits per heavy atom. The van der Waals surface area contributed by atoms with Crippen LogP contribution in [0.4, 0.5) is 0 Å². The molecule has 0 unspecified atom stereocenters. The summed E-state index contributed by atoms with van der Waals surface area (Å²) in [4.78, 5) is 3.83. The van der Waals surface area contributed by atoms with E-state index in [-0.39, 0.29) is 29.6 Å². The third-order valence-corrected chi connectivity index (χ3v) is 0.670. The van der Waals surface area contributed by atoms with Gasteiger partial charge in [0.05, 0.1) is 0 Å². The van der Waals surface area contributed by atoms with E-state index >= 15 is 0 Å². The van der Waals surface area contributed by atoms with Gasteiger partial charge in [-0.2, -0.15) is 6.42 Å². The van der Waals surface area contributed by atoms with Crippen LogP contribution in [0.15, 0.2) is 4.99 Å². The van der Waals surface area contributed by atoms with Crippen molar-refractivity contribution in [3.8, 4) is 0 Å². The van der Waals surface area contributed by atoms with Gasteiger partial charge in [0.2, 0.25) is 0 Å². The summed E-state index contributed by atoms with van der Waals surface area (Å²) in [7, 11) is 0. The summed E-state index contributed by atoms with van der Waals surface area (Å²) < 4.78 is 0.